The first kappa shape index (κ1) is 14.4. The number of ether oxygens (including phenoxy) is 1. The van der Waals surface area contributed by atoms with Crippen LogP contribution in [0.1, 0.15) is 12.0 Å². The minimum absolute atomic E-state index is 0.00577. The van der Waals surface area contributed by atoms with Crippen LogP contribution in [0.3, 0.4) is 0 Å². The van der Waals surface area contributed by atoms with Crippen LogP contribution in [-0.4, -0.2) is 12.4 Å². The van der Waals surface area contributed by atoms with Gasteiger partial charge in [-0.15, -0.1) is 0 Å². The van der Waals surface area contributed by atoms with E-state index in [2.05, 4.69) is 6.58 Å². The molecule has 0 atom stereocenters. The lowest BCUT2D eigenvalue weighted by molar-refractivity contribution is -0.113. The summed E-state index contributed by atoms with van der Waals surface area (Å²) in [5, 5.41) is 0.630. The van der Waals surface area contributed by atoms with Crippen LogP contribution in [0.2, 0.25) is 5.02 Å². The molecule has 2 nitrogen and oxygen atoms in total. The zero-order valence-corrected chi connectivity index (χ0v) is 11.8. The summed E-state index contributed by atoms with van der Waals surface area (Å²) in [6.07, 6.45) is 9.32. The number of allylic oxidation sites excluding steroid dienone is 5. The van der Waals surface area contributed by atoms with Gasteiger partial charge >= 0.3 is 0 Å². The normalized spacial score (nSPS) is 22.8. The van der Waals surface area contributed by atoms with Crippen LogP contribution in [-0.2, 0) is 9.53 Å². The summed E-state index contributed by atoms with van der Waals surface area (Å²) < 4.78 is 5.62. The van der Waals surface area contributed by atoms with Crippen LogP contribution < -0.4 is 0 Å². The van der Waals surface area contributed by atoms with Crippen molar-refractivity contribution in [1.29, 1.82) is 0 Å². The van der Waals surface area contributed by atoms with Gasteiger partial charge in [0.1, 0.15) is 12.4 Å². The predicted octanol–water partition coefficient (Wildman–Crippen LogP) is 4.34. The second-order valence-corrected chi connectivity index (χ2v) is 4.68. The number of ketones is 1. The molecule has 20 heavy (non-hydrogen) atoms. The first-order chi connectivity index (χ1) is 9.72. The molecule has 3 heteroatoms. The molecule has 102 valence electrons. The fraction of sp³-hybridized carbons (Fsp3) is 0.118. The summed E-state index contributed by atoms with van der Waals surface area (Å²) in [7, 11) is 0. The zero-order valence-electron chi connectivity index (χ0n) is 11.0. The van der Waals surface area contributed by atoms with Gasteiger partial charge in [-0.25, -0.2) is 0 Å². The summed E-state index contributed by atoms with van der Waals surface area (Å²) in [5.74, 6) is 0.492. The first-order valence-corrected chi connectivity index (χ1v) is 6.70. The average Bonchev–Trinajstić information content (AvgIpc) is 2.46. The van der Waals surface area contributed by atoms with Crippen LogP contribution in [0.25, 0.3) is 5.57 Å². The van der Waals surface area contributed by atoms with Crippen molar-refractivity contribution in [3.05, 3.63) is 77.6 Å². The quantitative estimate of drug-likeness (QED) is 0.808. The van der Waals surface area contributed by atoms with E-state index in [0.29, 0.717) is 29.4 Å². The molecule has 2 rings (SSSR count). The Morgan fingerprint density at radius 3 is 2.55 bits per heavy atom. The lowest BCUT2D eigenvalue weighted by atomic mass is 9.98. The van der Waals surface area contributed by atoms with Crippen molar-refractivity contribution in [3.8, 4) is 0 Å². The summed E-state index contributed by atoms with van der Waals surface area (Å²) in [6.45, 7) is 4.13. The molecule has 0 fully saturated rings. The van der Waals surface area contributed by atoms with Crippen molar-refractivity contribution in [1.82, 2.24) is 0 Å². The molecular formula is C17H15ClO2. The van der Waals surface area contributed by atoms with E-state index in [1.807, 2.05) is 36.4 Å². The Labute approximate surface area is 123 Å². The molecule has 1 aliphatic heterocycles. The van der Waals surface area contributed by atoms with E-state index >= 15 is 0 Å². The average molecular weight is 287 g/mol. The Morgan fingerprint density at radius 2 is 1.85 bits per heavy atom. The molecule has 1 aromatic carbocycles. The first-order valence-electron chi connectivity index (χ1n) is 6.32. The highest BCUT2D eigenvalue weighted by Gasteiger charge is 2.16. The van der Waals surface area contributed by atoms with Gasteiger partial charge in [-0.1, -0.05) is 48.5 Å². The van der Waals surface area contributed by atoms with Gasteiger partial charge in [-0.3, -0.25) is 4.79 Å². The summed E-state index contributed by atoms with van der Waals surface area (Å²) in [4.78, 5) is 12.4. The Bertz CT molecular complexity index is 592. The van der Waals surface area contributed by atoms with Crippen molar-refractivity contribution in [2.75, 3.05) is 6.61 Å². The number of Topliss-reactive ketones (excluding diaryl/α,β-unsaturated/α-hetero) is 1. The standard InChI is InChI=1S/C17H15ClO2/c1-2-16-17(13-8-10-14(18)11-9-13)15(19)7-5-3-4-6-12-20-16/h2-6,8-11H,1,7,12H2/b5-3-,6-4-,17-16-. The molecule has 1 aliphatic rings. The summed E-state index contributed by atoms with van der Waals surface area (Å²) >= 11 is 5.89. The Morgan fingerprint density at radius 1 is 1.15 bits per heavy atom. The highest BCUT2D eigenvalue weighted by Crippen LogP contribution is 2.25. The number of halogens is 1. The molecule has 0 N–H and O–H groups in total. The van der Waals surface area contributed by atoms with Crippen molar-refractivity contribution in [2.24, 2.45) is 0 Å². The van der Waals surface area contributed by atoms with E-state index in [0.717, 1.165) is 5.56 Å². The number of carbonyl (C=O) groups excluding carboxylic acids is 1. The second kappa shape index (κ2) is 6.92. The van der Waals surface area contributed by atoms with Crippen LogP contribution in [0.5, 0.6) is 0 Å². The smallest absolute Gasteiger partial charge is 0.170 e. The second-order valence-electron chi connectivity index (χ2n) is 4.24. The SMILES string of the molecule is C=C/C1=C(\c2ccc(Cl)cc2)C(=O)C/C=C\C=C/CO1. The number of hydrogen-bond donors (Lipinski definition) is 0. The molecule has 0 saturated heterocycles. The van der Waals surface area contributed by atoms with Gasteiger partial charge in [0.2, 0.25) is 0 Å². The van der Waals surface area contributed by atoms with E-state index < -0.39 is 0 Å². The van der Waals surface area contributed by atoms with Gasteiger partial charge in [0.05, 0.1) is 5.57 Å². The molecule has 1 heterocycles. The fourth-order valence-corrected chi connectivity index (χ4v) is 2.04. The summed E-state index contributed by atoms with van der Waals surface area (Å²) in [6, 6.07) is 7.14. The summed E-state index contributed by atoms with van der Waals surface area (Å²) in [5.41, 5.74) is 1.32. The van der Waals surface area contributed by atoms with Crippen LogP contribution in [0.15, 0.2) is 67.0 Å². The third-order valence-electron chi connectivity index (χ3n) is 2.87. The molecule has 0 aliphatic carbocycles. The monoisotopic (exact) mass is 286 g/mol. The Balaban J connectivity index is 2.49. The minimum Gasteiger partial charge on any atom is -0.489 e. The van der Waals surface area contributed by atoms with Crippen molar-refractivity contribution < 1.29 is 9.53 Å². The van der Waals surface area contributed by atoms with Crippen LogP contribution >= 0.6 is 11.6 Å². The molecule has 0 saturated carbocycles. The largest absolute Gasteiger partial charge is 0.489 e. The highest BCUT2D eigenvalue weighted by molar-refractivity contribution is 6.30. The lowest BCUT2D eigenvalue weighted by Crippen LogP contribution is -2.06. The van der Waals surface area contributed by atoms with Crippen molar-refractivity contribution in [2.45, 2.75) is 6.42 Å². The van der Waals surface area contributed by atoms with E-state index in [1.165, 1.54) is 0 Å². The van der Waals surface area contributed by atoms with E-state index in [4.69, 9.17) is 16.3 Å². The molecule has 0 amide bonds. The number of rotatable bonds is 2. The predicted molar refractivity (Wildman–Crippen MR) is 82.4 cm³/mol. The molecule has 0 radical (unpaired) electrons. The third-order valence-corrected chi connectivity index (χ3v) is 3.12. The Kier molecular flexibility index (Phi) is 4.97. The molecule has 1 aromatic rings. The van der Waals surface area contributed by atoms with E-state index in [1.54, 1.807) is 18.2 Å². The molecule has 0 unspecified atom stereocenters. The van der Waals surface area contributed by atoms with Crippen LogP contribution in [0.4, 0.5) is 0 Å². The maximum Gasteiger partial charge on any atom is 0.170 e. The lowest BCUT2D eigenvalue weighted by Gasteiger charge is -2.13. The van der Waals surface area contributed by atoms with Gasteiger partial charge in [0.25, 0.3) is 0 Å². The minimum atomic E-state index is -0.00577. The van der Waals surface area contributed by atoms with Crippen LogP contribution in [0, 0.1) is 0 Å². The van der Waals surface area contributed by atoms with Gasteiger partial charge in [0.15, 0.2) is 5.78 Å². The highest BCUT2D eigenvalue weighted by atomic mass is 35.5. The van der Waals surface area contributed by atoms with Gasteiger partial charge in [0, 0.05) is 11.4 Å². The van der Waals surface area contributed by atoms with E-state index in [-0.39, 0.29) is 5.78 Å². The molecule has 0 bridgehead atoms. The van der Waals surface area contributed by atoms with E-state index in [9.17, 15) is 4.79 Å². The zero-order chi connectivity index (χ0) is 14.4. The van der Waals surface area contributed by atoms with Gasteiger partial charge in [-0.05, 0) is 29.8 Å². The number of hydrogen-bond acceptors (Lipinski definition) is 2. The van der Waals surface area contributed by atoms with Gasteiger partial charge < -0.3 is 4.74 Å². The fourth-order valence-electron chi connectivity index (χ4n) is 1.92. The number of benzene rings is 1. The molecular weight excluding hydrogens is 272 g/mol. The topological polar surface area (TPSA) is 26.3 Å². The van der Waals surface area contributed by atoms with Gasteiger partial charge in [-0.2, -0.15) is 0 Å². The third kappa shape index (κ3) is 3.49. The van der Waals surface area contributed by atoms with Crippen molar-refractivity contribution in [3.63, 3.8) is 0 Å². The maximum atomic E-state index is 12.4. The molecule has 0 aromatic heterocycles. The number of carbonyl (C=O) groups is 1. The van der Waals surface area contributed by atoms with Crippen molar-refractivity contribution >= 4 is 23.0 Å². The molecule has 0 spiro atoms. The maximum absolute atomic E-state index is 12.4. The Hall–Kier alpha value is -2.06.